The molecular formula is C16H16ClN3S. The molecule has 2 heterocycles. The van der Waals surface area contributed by atoms with Crippen LogP contribution in [-0.4, -0.2) is 28.9 Å². The van der Waals surface area contributed by atoms with Crippen molar-refractivity contribution in [2.45, 2.75) is 11.9 Å². The number of rotatable bonds is 4. The van der Waals surface area contributed by atoms with E-state index in [1.807, 2.05) is 42.4 Å². The number of nitrogens with zero attached hydrogens (tertiary/aromatic N) is 3. The second kappa shape index (κ2) is 6.96. The van der Waals surface area contributed by atoms with E-state index in [0.717, 1.165) is 29.6 Å². The number of benzene rings is 1. The molecule has 3 nitrogen and oxygen atoms in total. The number of aromatic nitrogens is 1. The molecule has 2 aromatic rings. The highest BCUT2D eigenvalue weighted by Gasteiger charge is 2.20. The van der Waals surface area contributed by atoms with E-state index >= 15 is 0 Å². The molecule has 1 aliphatic heterocycles. The Bertz CT molecular complexity index is 601. The van der Waals surface area contributed by atoms with Gasteiger partial charge in [0.25, 0.3) is 0 Å². The molecule has 1 aromatic heterocycles. The van der Waals surface area contributed by atoms with Gasteiger partial charge in [0.2, 0.25) is 0 Å². The van der Waals surface area contributed by atoms with Gasteiger partial charge in [-0.25, -0.2) is 0 Å². The van der Waals surface area contributed by atoms with Crippen LogP contribution in [-0.2, 0) is 6.54 Å². The molecule has 5 heteroatoms. The first-order chi connectivity index (χ1) is 10.3. The van der Waals surface area contributed by atoms with Gasteiger partial charge in [0, 0.05) is 48.2 Å². The van der Waals surface area contributed by atoms with Gasteiger partial charge in [-0.05, 0) is 35.9 Å². The third kappa shape index (κ3) is 3.77. The summed E-state index contributed by atoms with van der Waals surface area (Å²) >= 11 is 7.92. The van der Waals surface area contributed by atoms with E-state index in [1.54, 1.807) is 6.20 Å². The fourth-order valence-electron chi connectivity index (χ4n) is 2.25. The normalized spacial score (nSPS) is 17.7. The number of pyridine rings is 1. The molecule has 0 amide bonds. The topological polar surface area (TPSA) is 28.5 Å². The summed E-state index contributed by atoms with van der Waals surface area (Å²) in [4.78, 5) is 11.0. The summed E-state index contributed by atoms with van der Waals surface area (Å²) in [6, 6.07) is 12.0. The van der Waals surface area contributed by atoms with Crippen LogP contribution in [0.2, 0.25) is 5.02 Å². The molecule has 1 aromatic carbocycles. The van der Waals surface area contributed by atoms with Crippen LogP contribution in [0.3, 0.4) is 0 Å². The highest BCUT2D eigenvalue weighted by Crippen LogP contribution is 2.27. The van der Waals surface area contributed by atoms with Crippen LogP contribution in [0.25, 0.3) is 0 Å². The molecule has 3 rings (SSSR count). The number of hydrogen-bond acceptors (Lipinski definition) is 4. The maximum Gasteiger partial charge on any atom is 0.111 e. The van der Waals surface area contributed by atoms with Crippen LogP contribution in [0.15, 0.2) is 53.8 Å². The van der Waals surface area contributed by atoms with Crippen LogP contribution in [0.5, 0.6) is 0 Å². The van der Waals surface area contributed by atoms with Gasteiger partial charge in [-0.1, -0.05) is 17.7 Å². The Hall–Kier alpha value is -1.52. The van der Waals surface area contributed by atoms with Crippen LogP contribution in [0.4, 0.5) is 5.69 Å². The fourth-order valence-corrected chi connectivity index (χ4v) is 3.38. The van der Waals surface area contributed by atoms with Gasteiger partial charge in [0.1, 0.15) is 5.37 Å². The minimum absolute atomic E-state index is 0.250. The van der Waals surface area contributed by atoms with Crippen LogP contribution >= 0.6 is 23.4 Å². The molecule has 108 valence electrons. The van der Waals surface area contributed by atoms with Gasteiger partial charge < -0.3 is 4.90 Å². The van der Waals surface area contributed by atoms with E-state index in [-0.39, 0.29) is 5.37 Å². The lowest BCUT2D eigenvalue weighted by atomic mass is 10.2. The lowest BCUT2D eigenvalue weighted by molar-refractivity contribution is 0.846. The molecule has 0 radical (unpaired) electrons. The Labute approximate surface area is 134 Å². The monoisotopic (exact) mass is 317 g/mol. The summed E-state index contributed by atoms with van der Waals surface area (Å²) in [5.41, 5.74) is 2.33. The van der Waals surface area contributed by atoms with E-state index in [1.165, 1.54) is 5.56 Å². The maximum absolute atomic E-state index is 6.00. The quantitative estimate of drug-likeness (QED) is 0.856. The second-order valence-corrected chi connectivity index (χ2v) is 6.44. The zero-order valence-corrected chi connectivity index (χ0v) is 13.1. The average molecular weight is 318 g/mol. The van der Waals surface area contributed by atoms with Gasteiger partial charge in [-0.2, -0.15) is 0 Å². The predicted octanol–water partition coefficient (Wildman–Crippen LogP) is 3.89. The number of thioether (sulfide) groups is 1. The molecule has 1 aliphatic rings. The molecule has 0 spiro atoms. The standard InChI is InChI=1S/C16H16ClN3S/c17-14-3-5-15(6-4-14)20(16-11-19-8-9-21-16)12-13-2-1-7-18-10-13/h1-7,10-11,16H,8-9,12H2. The van der Waals surface area contributed by atoms with Gasteiger partial charge >= 0.3 is 0 Å². The Morgan fingerprint density at radius 3 is 2.76 bits per heavy atom. The van der Waals surface area contributed by atoms with Crippen molar-refractivity contribution in [2.75, 3.05) is 17.2 Å². The van der Waals surface area contributed by atoms with Gasteiger partial charge in [0.15, 0.2) is 0 Å². The molecule has 0 bridgehead atoms. The molecule has 1 atom stereocenters. The highest BCUT2D eigenvalue weighted by molar-refractivity contribution is 8.00. The van der Waals surface area contributed by atoms with Gasteiger partial charge in [0.05, 0.1) is 0 Å². The summed E-state index contributed by atoms with van der Waals surface area (Å²) in [7, 11) is 0. The number of hydrogen-bond donors (Lipinski definition) is 0. The third-order valence-electron chi connectivity index (χ3n) is 3.28. The molecule has 0 fully saturated rings. The smallest absolute Gasteiger partial charge is 0.111 e. The molecule has 21 heavy (non-hydrogen) atoms. The largest absolute Gasteiger partial charge is 0.350 e. The predicted molar refractivity (Wildman–Crippen MR) is 91.5 cm³/mol. The van der Waals surface area contributed by atoms with E-state index in [2.05, 4.69) is 33.1 Å². The second-order valence-electron chi connectivity index (χ2n) is 4.78. The molecular weight excluding hydrogens is 302 g/mol. The Kier molecular flexibility index (Phi) is 4.78. The first-order valence-electron chi connectivity index (χ1n) is 6.85. The van der Waals surface area contributed by atoms with Crippen molar-refractivity contribution in [1.82, 2.24) is 4.98 Å². The van der Waals surface area contributed by atoms with Gasteiger partial charge in [-0.3, -0.25) is 9.98 Å². The van der Waals surface area contributed by atoms with Crippen molar-refractivity contribution < 1.29 is 0 Å². The minimum Gasteiger partial charge on any atom is -0.350 e. The summed E-state index contributed by atoms with van der Waals surface area (Å²) in [6.45, 7) is 1.71. The van der Waals surface area contributed by atoms with Crippen LogP contribution in [0, 0.1) is 0 Å². The molecule has 0 N–H and O–H groups in total. The van der Waals surface area contributed by atoms with Crippen LogP contribution < -0.4 is 4.90 Å². The summed E-state index contributed by atoms with van der Waals surface area (Å²) in [5.74, 6) is 1.05. The summed E-state index contributed by atoms with van der Waals surface area (Å²) in [5, 5.41) is 1.00. The zero-order chi connectivity index (χ0) is 14.5. The average Bonchev–Trinajstić information content (AvgIpc) is 2.55. The minimum atomic E-state index is 0.250. The summed E-state index contributed by atoms with van der Waals surface area (Å²) in [6.07, 6.45) is 5.75. The molecule has 0 saturated heterocycles. The molecule has 1 unspecified atom stereocenters. The fraction of sp³-hybridized carbons (Fsp3) is 0.250. The third-order valence-corrected chi connectivity index (χ3v) is 4.67. The van der Waals surface area contributed by atoms with Crippen molar-refractivity contribution in [3.05, 3.63) is 59.4 Å². The van der Waals surface area contributed by atoms with Crippen molar-refractivity contribution in [3.8, 4) is 0 Å². The SMILES string of the molecule is Clc1ccc(N(Cc2cccnc2)C2C=NCCS2)cc1. The van der Waals surface area contributed by atoms with Gasteiger partial charge in [-0.15, -0.1) is 11.8 Å². The van der Waals surface area contributed by atoms with Crippen molar-refractivity contribution >= 4 is 35.3 Å². The van der Waals surface area contributed by atoms with Crippen molar-refractivity contribution in [2.24, 2.45) is 4.99 Å². The first-order valence-corrected chi connectivity index (χ1v) is 8.28. The Morgan fingerprint density at radius 2 is 2.10 bits per heavy atom. The summed E-state index contributed by atoms with van der Waals surface area (Å²) < 4.78 is 0. The Balaban J connectivity index is 1.88. The number of anilines is 1. The van der Waals surface area contributed by atoms with E-state index in [9.17, 15) is 0 Å². The van der Waals surface area contributed by atoms with E-state index in [0.29, 0.717) is 0 Å². The van der Waals surface area contributed by atoms with Crippen molar-refractivity contribution in [1.29, 1.82) is 0 Å². The lowest BCUT2D eigenvalue weighted by Gasteiger charge is -2.32. The van der Waals surface area contributed by atoms with E-state index in [4.69, 9.17) is 11.6 Å². The van der Waals surface area contributed by atoms with Crippen LogP contribution in [0.1, 0.15) is 5.56 Å². The number of aliphatic imine (C=N–C) groups is 1. The maximum atomic E-state index is 6.00. The lowest BCUT2D eigenvalue weighted by Crippen LogP contribution is -2.35. The first kappa shape index (κ1) is 14.4. The molecule has 0 aliphatic carbocycles. The zero-order valence-electron chi connectivity index (χ0n) is 11.5. The van der Waals surface area contributed by atoms with E-state index < -0.39 is 0 Å². The highest BCUT2D eigenvalue weighted by atomic mass is 35.5. The molecule has 0 saturated carbocycles. The Morgan fingerprint density at radius 1 is 1.24 bits per heavy atom. The number of halogens is 1. The van der Waals surface area contributed by atoms with Crippen molar-refractivity contribution in [3.63, 3.8) is 0 Å².